The number of piperazine rings is 1. The first-order chi connectivity index (χ1) is 11.6. The van der Waals surface area contributed by atoms with Crippen LogP contribution in [0.5, 0.6) is 0 Å². The fraction of sp³-hybridized carbons (Fsp3) is 0.375. The van der Waals surface area contributed by atoms with E-state index in [1.54, 1.807) is 6.20 Å². The Morgan fingerprint density at radius 3 is 2.58 bits per heavy atom. The molecule has 0 aliphatic carbocycles. The minimum absolute atomic E-state index is 0.124. The summed E-state index contributed by atoms with van der Waals surface area (Å²) in [5, 5.41) is 2.78. The van der Waals surface area contributed by atoms with E-state index in [2.05, 4.69) is 37.1 Å². The fourth-order valence-electron chi connectivity index (χ4n) is 2.53. The van der Waals surface area contributed by atoms with Crippen LogP contribution in [0.1, 0.15) is 16.1 Å². The molecule has 0 atom stereocenters. The lowest BCUT2D eigenvalue weighted by Gasteiger charge is -2.33. The van der Waals surface area contributed by atoms with Crippen LogP contribution in [0.2, 0.25) is 0 Å². The third-order valence-corrected chi connectivity index (χ3v) is 4.03. The molecule has 2 aromatic rings. The summed E-state index contributed by atoms with van der Waals surface area (Å²) in [6, 6.07) is 3.96. The third-order valence-electron chi connectivity index (χ3n) is 4.03. The van der Waals surface area contributed by atoms with Crippen molar-refractivity contribution in [2.24, 2.45) is 0 Å². The molecule has 3 N–H and O–H groups in total. The van der Waals surface area contributed by atoms with Crippen LogP contribution in [-0.2, 0) is 6.54 Å². The number of nitrogens with two attached hydrogens (primary N) is 1. The summed E-state index contributed by atoms with van der Waals surface area (Å²) < 4.78 is 0. The van der Waals surface area contributed by atoms with Crippen LogP contribution in [0.15, 0.2) is 30.7 Å². The average molecular weight is 327 g/mol. The Bertz CT molecular complexity index is 696. The summed E-state index contributed by atoms with van der Waals surface area (Å²) in [6.45, 7) is 4.40. The summed E-state index contributed by atoms with van der Waals surface area (Å²) in [6.07, 6.45) is 4.68. The molecule has 8 nitrogen and oxygen atoms in total. The average Bonchev–Trinajstić information content (AvgIpc) is 2.61. The van der Waals surface area contributed by atoms with Gasteiger partial charge in [-0.3, -0.25) is 4.79 Å². The highest BCUT2D eigenvalue weighted by Gasteiger charge is 2.15. The number of hydrogen-bond donors (Lipinski definition) is 2. The lowest BCUT2D eigenvalue weighted by molar-refractivity contribution is 0.0946. The van der Waals surface area contributed by atoms with E-state index < -0.39 is 0 Å². The molecule has 0 aromatic carbocycles. The molecule has 3 heterocycles. The molecular formula is C16H21N7O. The second-order valence-electron chi connectivity index (χ2n) is 5.79. The standard InChI is InChI=1S/C16H21N7O/c1-22-6-8-23(9-7-22)13-3-2-12(10-20-13)11-21-16(24)14-15(17)19-5-4-18-14/h2-5,10H,6-9,11H2,1H3,(H2,17,19)(H,21,24). The molecule has 1 amide bonds. The van der Waals surface area contributed by atoms with Crippen LogP contribution >= 0.6 is 0 Å². The van der Waals surface area contributed by atoms with Gasteiger partial charge in [0.05, 0.1) is 0 Å². The van der Waals surface area contributed by atoms with E-state index >= 15 is 0 Å². The number of amides is 1. The summed E-state index contributed by atoms with van der Waals surface area (Å²) in [4.78, 5) is 28.9. The van der Waals surface area contributed by atoms with Gasteiger partial charge in [0.15, 0.2) is 11.5 Å². The van der Waals surface area contributed by atoms with Gasteiger partial charge in [0.1, 0.15) is 5.82 Å². The van der Waals surface area contributed by atoms with Crippen molar-refractivity contribution < 1.29 is 4.79 Å². The van der Waals surface area contributed by atoms with Gasteiger partial charge in [-0.15, -0.1) is 0 Å². The molecule has 0 spiro atoms. The monoisotopic (exact) mass is 327 g/mol. The SMILES string of the molecule is CN1CCN(c2ccc(CNC(=O)c3nccnc3N)cn2)CC1. The first kappa shape index (κ1) is 16.1. The molecule has 1 fully saturated rings. The smallest absolute Gasteiger partial charge is 0.273 e. The second kappa shape index (κ2) is 7.22. The molecule has 126 valence electrons. The van der Waals surface area contributed by atoms with E-state index in [1.165, 1.54) is 12.4 Å². The van der Waals surface area contributed by atoms with E-state index in [1.807, 2.05) is 12.1 Å². The maximum absolute atomic E-state index is 12.1. The number of carbonyl (C=O) groups is 1. The Morgan fingerprint density at radius 2 is 1.92 bits per heavy atom. The van der Waals surface area contributed by atoms with Crippen molar-refractivity contribution in [3.8, 4) is 0 Å². The van der Waals surface area contributed by atoms with Crippen LogP contribution in [0.4, 0.5) is 11.6 Å². The molecule has 3 rings (SSSR count). The van der Waals surface area contributed by atoms with Gasteiger partial charge in [0.2, 0.25) is 0 Å². The fourth-order valence-corrected chi connectivity index (χ4v) is 2.53. The summed E-state index contributed by atoms with van der Waals surface area (Å²) in [5.41, 5.74) is 6.71. The Balaban J connectivity index is 1.57. The van der Waals surface area contributed by atoms with Crippen molar-refractivity contribution in [3.63, 3.8) is 0 Å². The van der Waals surface area contributed by atoms with E-state index in [9.17, 15) is 4.79 Å². The first-order valence-corrected chi connectivity index (χ1v) is 7.86. The third kappa shape index (κ3) is 3.77. The van der Waals surface area contributed by atoms with Gasteiger partial charge in [0.25, 0.3) is 5.91 Å². The van der Waals surface area contributed by atoms with Gasteiger partial charge >= 0.3 is 0 Å². The number of nitrogens with zero attached hydrogens (tertiary/aromatic N) is 5. The van der Waals surface area contributed by atoms with Gasteiger partial charge < -0.3 is 20.9 Å². The zero-order valence-electron chi connectivity index (χ0n) is 13.6. The largest absolute Gasteiger partial charge is 0.382 e. The highest BCUT2D eigenvalue weighted by Crippen LogP contribution is 2.13. The molecule has 1 aliphatic heterocycles. The number of hydrogen-bond acceptors (Lipinski definition) is 7. The number of aromatic nitrogens is 3. The summed E-state index contributed by atoms with van der Waals surface area (Å²) in [5.74, 6) is 0.749. The molecule has 1 saturated heterocycles. The second-order valence-corrected chi connectivity index (χ2v) is 5.79. The van der Waals surface area contributed by atoms with Crippen LogP contribution in [0, 0.1) is 0 Å². The molecule has 0 saturated carbocycles. The van der Waals surface area contributed by atoms with Gasteiger partial charge in [-0.05, 0) is 18.7 Å². The summed E-state index contributed by atoms with van der Waals surface area (Å²) >= 11 is 0. The van der Waals surface area contributed by atoms with Crippen LogP contribution < -0.4 is 16.0 Å². The zero-order valence-corrected chi connectivity index (χ0v) is 13.6. The summed E-state index contributed by atoms with van der Waals surface area (Å²) in [7, 11) is 2.13. The molecule has 1 aliphatic rings. The maximum Gasteiger partial charge on any atom is 0.273 e. The maximum atomic E-state index is 12.1. The highest BCUT2D eigenvalue weighted by molar-refractivity contribution is 5.96. The predicted octanol–water partition coefficient (Wildman–Crippen LogP) is 0.136. The number of rotatable bonds is 4. The van der Waals surface area contributed by atoms with E-state index in [0.717, 1.165) is 37.6 Å². The van der Waals surface area contributed by atoms with Crippen LogP contribution in [0.25, 0.3) is 0 Å². The Labute approximate surface area is 140 Å². The number of nitrogen functional groups attached to an aromatic ring is 1. The molecule has 0 bridgehead atoms. The Kier molecular flexibility index (Phi) is 4.85. The number of likely N-dealkylation sites (N-methyl/N-ethyl adjacent to an activating group) is 1. The lowest BCUT2D eigenvalue weighted by atomic mass is 10.2. The minimum Gasteiger partial charge on any atom is -0.382 e. The van der Waals surface area contributed by atoms with Crippen molar-refractivity contribution >= 4 is 17.5 Å². The normalized spacial score (nSPS) is 15.3. The quantitative estimate of drug-likeness (QED) is 0.823. The molecule has 8 heteroatoms. The minimum atomic E-state index is -0.344. The Morgan fingerprint density at radius 1 is 1.17 bits per heavy atom. The van der Waals surface area contributed by atoms with Crippen molar-refractivity contribution in [1.82, 2.24) is 25.2 Å². The molecule has 2 aromatic heterocycles. The molecule has 0 unspecified atom stereocenters. The van der Waals surface area contributed by atoms with E-state index in [-0.39, 0.29) is 17.4 Å². The van der Waals surface area contributed by atoms with E-state index in [0.29, 0.717) is 6.54 Å². The van der Waals surface area contributed by atoms with Crippen molar-refractivity contribution in [2.45, 2.75) is 6.54 Å². The van der Waals surface area contributed by atoms with Gasteiger partial charge in [-0.2, -0.15) is 0 Å². The molecule has 24 heavy (non-hydrogen) atoms. The lowest BCUT2D eigenvalue weighted by Crippen LogP contribution is -2.44. The Hall–Kier alpha value is -2.74. The molecule has 0 radical (unpaired) electrons. The topological polar surface area (TPSA) is 100 Å². The zero-order chi connectivity index (χ0) is 16.9. The van der Waals surface area contributed by atoms with Crippen molar-refractivity contribution in [2.75, 3.05) is 43.9 Å². The number of pyridine rings is 1. The van der Waals surface area contributed by atoms with Gasteiger partial charge in [-0.1, -0.05) is 6.07 Å². The highest BCUT2D eigenvalue weighted by atomic mass is 16.1. The first-order valence-electron chi connectivity index (χ1n) is 7.86. The number of nitrogens with one attached hydrogen (secondary N) is 1. The predicted molar refractivity (Wildman–Crippen MR) is 91.6 cm³/mol. The molecular weight excluding hydrogens is 306 g/mol. The van der Waals surface area contributed by atoms with Gasteiger partial charge in [0, 0.05) is 51.3 Å². The number of carbonyl (C=O) groups excluding carboxylic acids is 1. The van der Waals surface area contributed by atoms with Gasteiger partial charge in [-0.25, -0.2) is 15.0 Å². The number of anilines is 2. The van der Waals surface area contributed by atoms with Crippen LogP contribution in [-0.4, -0.2) is 59.0 Å². The van der Waals surface area contributed by atoms with Crippen molar-refractivity contribution in [3.05, 3.63) is 42.0 Å². The van der Waals surface area contributed by atoms with Crippen molar-refractivity contribution in [1.29, 1.82) is 0 Å². The van der Waals surface area contributed by atoms with E-state index in [4.69, 9.17) is 5.73 Å². The van der Waals surface area contributed by atoms with Crippen LogP contribution in [0.3, 0.4) is 0 Å².